The molecule has 0 radical (unpaired) electrons. The van der Waals surface area contributed by atoms with Crippen LogP contribution in [0, 0.1) is 5.92 Å². The molecule has 1 atom stereocenters. The molecule has 0 spiro atoms. The van der Waals surface area contributed by atoms with Gasteiger partial charge < -0.3 is 0 Å². The smallest absolute Gasteiger partial charge is 0.258 e. The van der Waals surface area contributed by atoms with Crippen molar-refractivity contribution in [2.45, 2.75) is 44.7 Å². The lowest BCUT2D eigenvalue weighted by atomic mass is 9.89. The molecule has 2 aromatic rings. The highest BCUT2D eigenvalue weighted by Crippen LogP contribution is 2.29. The van der Waals surface area contributed by atoms with Gasteiger partial charge in [0.25, 0.3) is 10.0 Å². The highest BCUT2D eigenvalue weighted by molar-refractivity contribution is 7.89. The van der Waals surface area contributed by atoms with Crippen molar-refractivity contribution in [2.75, 3.05) is 0 Å². The average Bonchev–Trinajstić information content (AvgIpc) is 2.62. The van der Waals surface area contributed by atoms with Crippen molar-refractivity contribution >= 4 is 15.8 Å². The van der Waals surface area contributed by atoms with E-state index in [2.05, 4.69) is 9.71 Å². The molecule has 0 amide bonds. The number of Topliss-reactive ketones (excluding diaryl/α,β-unsaturated/α-hetero) is 1. The molecule has 1 heterocycles. The largest absolute Gasteiger partial charge is 0.295 e. The molecule has 2 rings (SSSR count). The first-order valence-electron chi connectivity index (χ1n) is 8.43. The lowest BCUT2D eigenvalue weighted by Gasteiger charge is -2.26. The van der Waals surface area contributed by atoms with E-state index in [0.717, 1.165) is 18.4 Å². The van der Waals surface area contributed by atoms with E-state index >= 15 is 0 Å². The van der Waals surface area contributed by atoms with Crippen LogP contribution in [-0.4, -0.2) is 19.2 Å². The number of pyridine rings is 1. The number of sulfonamides is 1. The molecule has 0 aliphatic rings. The van der Waals surface area contributed by atoms with Gasteiger partial charge in [-0.1, -0.05) is 57.0 Å². The van der Waals surface area contributed by atoms with Crippen molar-refractivity contribution in [1.82, 2.24) is 9.71 Å². The van der Waals surface area contributed by atoms with Crippen LogP contribution in [0.5, 0.6) is 0 Å². The molecular weight excluding hydrogens is 336 g/mol. The number of nitrogens with zero attached hydrogens (tertiary/aromatic N) is 1. The molecule has 1 aromatic heterocycles. The Morgan fingerprint density at radius 3 is 2.20 bits per heavy atom. The fraction of sp³-hybridized carbons (Fsp3) is 0.368. The summed E-state index contributed by atoms with van der Waals surface area (Å²) in [6.07, 6.45) is 3.13. The van der Waals surface area contributed by atoms with Crippen LogP contribution in [0.15, 0.2) is 53.7 Å². The van der Waals surface area contributed by atoms with Gasteiger partial charge in [-0.2, -0.15) is 0 Å². The molecule has 0 saturated carbocycles. The van der Waals surface area contributed by atoms with E-state index < -0.39 is 10.0 Å². The molecule has 1 N–H and O–H groups in total. The number of carbonyl (C=O) groups is 1. The molecule has 0 saturated heterocycles. The second-order valence-electron chi connectivity index (χ2n) is 6.02. The number of hydrogen-bond acceptors (Lipinski definition) is 4. The summed E-state index contributed by atoms with van der Waals surface area (Å²) in [4.78, 5) is 15.4. The van der Waals surface area contributed by atoms with Gasteiger partial charge in [-0.25, -0.2) is 18.1 Å². The van der Waals surface area contributed by atoms with Crippen LogP contribution in [0.1, 0.15) is 55.6 Å². The highest BCUT2D eigenvalue weighted by atomic mass is 32.2. The van der Waals surface area contributed by atoms with Crippen LogP contribution >= 0.6 is 0 Å². The van der Waals surface area contributed by atoms with Gasteiger partial charge in [0.1, 0.15) is 0 Å². The third kappa shape index (κ3) is 4.74. The van der Waals surface area contributed by atoms with Gasteiger partial charge in [-0.15, -0.1) is 0 Å². The summed E-state index contributed by atoms with van der Waals surface area (Å²) >= 11 is 0. The number of hydrogen-bond donors (Lipinski definition) is 1. The van der Waals surface area contributed by atoms with E-state index in [-0.39, 0.29) is 22.8 Å². The van der Waals surface area contributed by atoms with Gasteiger partial charge >= 0.3 is 0 Å². The summed E-state index contributed by atoms with van der Waals surface area (Å²) in [5.41, 5.74) is 1.46. The standard InChI is InChI=1S/C19H24N2O3S/c1-4-15(5-2)19(17-11-9-16(10-12-17)14(3)22)21-25(23,24)18-8-6-7-13-20-18/h6-13,15,19,21H,4-5H2,1-3H3. The van der Waals surface area contributed by atoms with Gasteiger partial charge in [0.05, 0.1) is 0 Å². The van der Waals surface area contributed by atoms with Gasteiger partial charge in [-0.05, 0) is 30.5 Å². The molecule has 134 valence electrons. The quantitative estimate of drug-likeness (QED) is 0.728. The van der Waals surface area contributed by atoms with E-state index in [4.69, 9.17) is 0 Å². The number of rotatable bonds is 8. The van der Waals surface area contributed by atoms with Crippen LogP contribution in [0.4, 0.5) is 0 Å². The first-order valence-corrected chi connectivity index (χ1v) is 9.91. The SMILES string of the molecule is CCC(CC)C(NS(=O)(=O)c1ccccn1)c1ccc(C(C)=O)cc1. The van der Waals surface area contributed by atoms with Crippen molar-refractivity contribution in [3.05, 3.63) is 59.8 Å². The lowest BCUT2D eigenvalue weighted by Crippen LogP contribution is -2.33. The first-order chi connectivity index (χ1) is 11.9. The third-order valence-electron chi connectivity index (χ3n) is 4.39. The van der Waals surface area contributed by atoms with Crippen LogP contribution in [0.3, 0.4) is 0 Å². The Hall–Kier alpha value is -2.05. The van der Waals surface area contributed by atoms with Gasteiger partial charge in [0, 0.05) is 17.8 Å². The topological polar surface area (TPSA) is 76.1 Å². The van der Waals surface area contributed by atoms with Crippen molar-refractivity contribution in [3.8, 4) is 0 Å². The number of ketones is 1. The number of nitrogens with one attached hydrogen (secondary N) is 1. The Bertz CT molecular complexity index is 798. The van der Waals surface area contributed by atoms with E-state index in [9.17, 15) is 13.2 Å². The molecule has 5 nitrogen and oxygen atoms in total. The zero-order valence-electron chi connectivity index (χ0n) is 14.8. The highest BCUT2D eigenvalue weighted by Gasteiger charge is 2.27. The molecule has 1 aromatic carbocycles. The minimum atomic E-state index is -3.73. The van der Waals surface area contributed by atoms with Crippen LogP contribution in [-0.2, 0) is 10.0 Å². The summed E-state index contributed by atoms with van der Waals surface area (Å²) in [6, 6.07) is 11.5. The monoisotopic (exact) mass is 360 g/mol. The molecule has 0 fully saturated rings. The van der Waals surface area contributed by atoms with Crippen LogP contribution < -0.4 is 4.72 Å². The van der Waals surface area contributed by atoms with Crippen molar-refractivity contribution in [3.63, 3.8) is 0 Å². The van der Waals surface area contributed by atoms with Crippen molar-refractivity contribution in [1.29, 1.82) is 0 Å². The van der Waals surface area contributed by atoms with Crippen molar-refractivity contribution < 1.29 is 13.2 Å². The van der Waals surface area contributed by atoms with Crippen LogP contribution in [0.25, 0.3) is 0 Å². The Balaban J connectivity index is 2.38. The van der Waals surface area contributed by atoms with E-state index in [1.165, 1.54) is 19.2 Å². The zero-order valence-corrected chi connectivity index (χ0v) is 15.6. The van der Waals surface area contributed by atoms with Crippen LogP contribution in [0.2, 0.25) is 0 Å². The van der Waals surface area contributed by atoms with Gasteiger partial charge in [0.2, 0.25) is 0 Å². The zero-order chi connectivity index (χ0) is 18.4. The third-order valence-corrected chi connectivity index (χ3v) is 5.75. The van der Waals surface area contributed by atoms with Gasteiger partial charge in [-0.3, -0.25) is 4.79 Å². The summed E-state index contributed by atoms with van der Waals surface area (Å²) in [7, 11) is -3.73. The average molecular weight is 360 g/mol. The van der Waals surface area contributed by atoms with E-state index in [1.807, 2.05) is 26.0 Å². The number of aromatic nitrogens is 1. The summed E-state index contributed by atoms with van der Waals surface area (Å²) in [6.45, 7) is 5.59. The molecule has 0 bridgehead atoms. The second kappa shape index (κ2) is 8.36. The second-order valence-corrected chi connectivity index (χ2v) is 7.68. The first kappa shape index (κ1) is 19.3. The predicted octanol–water partition coefficient (Wildman–Crippen LogP) is 3.74. The van der Waals surface area contributed by atoms with Gasteiger partial charge in [0.15, 0.2) is 10.8 Å². The normalized spacial score (nSPS) is 13.0. The van der Waals surface area contributed by atoms with Crippen molar-refractivity contribution in [2.24, 2.45) is 5.92 Å². The lowest BCUT2D eigenvalue weighted by molar-refractivity contribution is 0.101. The number of carbonyl (C=O) groups excluding carboxylic acids is 1. The predicted molar refractivity (Wildman–Crippen MR) is 97.8 cm³/mol. The fourth-order valence-corrected chi connectivity index (χ4v) is 4.10. The minimum Gasteiger partial charge on any atom is -0.295 e. The molecule has 6 heteroatoms. The maximum Gasteiger partial charge on any atom is 0.258 e. The Kier molecular flexibility index (Phi) is 6.45. The Labute approximate surface area is 149 Å². The maximum absolute atomic E-state index is 12.7. The molecule has 25 heavy (non-hydrogen) atoms. The Morgan fingerprint density at radius 1 is 1.08 bits per heavy atom. The molecular formula is C19H24N2O3S. The summed E-state index contributed by atoms with van der Waals surface area (Å²) < 4.78 is 28.2. The Morgan fingerprint density at radius 2 is 1.72 bits per heavy atom. The number of benzene rings is 1. The molecule has 0 aliphatic heterocycles. The summed E-state index contributed by atoms with van der Waals surface area (Å²) in [5, 5.41) is 0.00584. The fourth-order valence-electron chi connectivity index (χ4n) is 2.86. The molecule has 1 unspecified atom stereocenters. The van der Waals surface area contributed by atoms with E-state index in [0.29, 0.717) is 5.56 Å². The molecule has 0 aliphatic carbocycles. The van der Waals surface area contributed by atoms with E-state index in [1.54, 1.807) is 24.3 Å². The minimum absolute atomic E-state index is 0.00584. The summed E-state index contributed by atoms with van der Waals surface area (Å²) in [5.74, 6) is 0.126. The maximum atomic E-state index is 12.7.